The van der Waals surface area contributed by atoms with Gasteiger partial charge in [-0.15, -0.1) is 0 Å². The average molecular weight is 335 g/mol. The summed E-state index contributed by atoms with van der Waals surface area (Å²) in [6.45, 7) is 3.71. The van der Waals surface area contributed by atoms with E-state index in [-0.39, 0.29) is 0 Å². The van der Waals surface area contributed by atoms with Gasteiger partial charge in [0.05, 0.1) is 6.20 Å². The van der Waals surface area contributed by atoms with Gasteiger partial charge in [0.1, 0.15) is 12.4 Å². The van der Waals surface area contributed by atoms with Crippen LogP contribution in [-0.2, 0) is 6.42 Å². The van der Waals surface area contributed by atoms with Gasteiger partial charge in [-0.1, -0.05) is 36.4 Å². The SMILES string of the molecule is Cc1ccccc1Cc1c(OCCN(C)C)cccc1-c1cn[nH]c1. The van der Waals surface area contributed by atoms with Gasteiger partial charge in [-0.05, 0) is 43.8 Å². The normalized spacial score (nSPS) is 11.0. The van der Waals surface area contributed by atoms with E-state index in [1.54, 1.807) is 0 Å². The number of ether oxygens (including phenoxy) is 1. The van der Waals surface area contributed by atoms with Gasteiger partial charge in [-0.3, -0.25) is 5.10 Å². The predicted octanol–water partition coefficient (Wildman–Crippen LogP) is 3.92. The van der Waals surface area contributed by atoms with Crippen LogP contribution in [0.5, 0.6) is 5.75 Å². The molecule has 3 aromatic rings. The third-order valence-electron chi connectivity index (χ3n) is 4.37. The average Bonchev–Trinajstić information content (AvgIpc) is 3.12. The molecule has 130 valence electrons. The van der Waals surface area contributed by atoms with Crippen LogP contribution >= 0.6 is 0 Å². The molecule has 0 saturated carbocycles. The lowest BCUT2D eigenvalue weighted by atomic mass is 9.94. The van der Waals surface area contributed by atoms with Gasteiger partial charge in [0.25, 0.3) is 0 Å². The third-order valence-corrected chi connectivity index (χ3v) is 4.37. The Bertz CT molecular complexity index is 810. The Kier molecular flexibility index (Phi) is 5.51. The zero-order valence-corrected chi connectivity index (χ0v) is 15.1. The van der Waals surface area contributed by atoms with Gasteiger partial charge < -0.3 is 9.64 Å². The van der Waals surface area contributed by atoms with Crippen LogP contribution in [0.15, 0.2) is 54.9 Å². The second kappa shape index (κ2) is 7.99. The van der Waals surface area contributed by atoms with Crippen molar-refractivity contribution in [2.45, 2.75) is 13.3 Å². The first-order valence-electron chi connectivity index (χ1n) is 8.58. The van der Waals surface area contributed by atoms with E-state index in [2.05, 4.69) is 78.6 Å². The summed E-state index contributed by atoms with van der Waals surface area (Å²) in [4.78, 5) is 2.13. The molecule has 0 unspecified atom stereocenters. The molecule has 1 N–H and O–H groups in total. The minimum atomic E-state index is 0.669. The minimum Gasteiger partial charge on any atom is -0.492 e. The molecule has 25 heavy (non-hydrogen) atoms. The topological polar surface area (TPSA) is 41.1 Å². The number of aromatic nitrogens is 2. The van der Waals surface area contributed by atoms with Crippen molar-refractivity contribution in [2.24, 2.45) is 0 Å². The van der Waals surface area contributed by atoms with Crippen LogP contribution in [0, 0.1) is 6.92 Å². The number of aromatic amines is 1. The number of nitrogens with zero attached hydrogens (tertiary/aromatic N) is 2. The summed E-state index contributed by atoms with van der Waals surface area (Å²) in [5.74, 6) is 0.948. The van der Waals surface area contributed by atoms with Crippen LogP contribution < -0.4 is 4.74 Å². The molecule has 0 amide bonds. The highest BCUT2D eigenvalue weighted by Crippen LogP contribution is 2.33. The summed E-state index contributed by atoms with van der Waals surface area (Å²) in [6, 6.07) is 14.8. The number of benzene rings is 2. The first kappa shape index (κ1) is 17.2. The fourth-order valence-electron chi connectivity index (χ4n) is 2.89. The zero-order chi connectivity index (χ0) is 17.6. The Morgan fingerprint density at radius 1 is 1.08 bits per heavy atom. The molecule has 1 aromatic heterocycles. The van der Waals surface area contributed by atoms with E-state index in [0.717, 1.165) is 24.3 Å². The van der Waals surface area contributed by atoms with Crippen molar-refractivity contribution in [3.05, 3.63) is 71.5 Å². The maximum absolute atomic E-state index is 6.13. The molecule has 0 atom stereocenters. The van der Waals surface area contributed by atoms with Gasteiger partial charge in [0.15, 0.2) is 0 Å². The summed E-state index contributed by atoms with van der Waals surface area (Å²) in [5.41, 5.74) is 6.07. The van der Waals surface area contributed by atoms with Gasteiger partial charge in [0, 0.05) is 30.3 Å². The van der Waals surface area contributed by atoms with E-state index >= 15 is 0 Å². The van der Waals surface area contributed by atoms with Gasteiger partial charge in [0.2, 0.25) is 0 Å². The fourth-order valence-corrected chi connectivity index (χ4v) is 2.89. The second-order valence-corrected chi connectivity index (χ2v) is 6.52. The summed E-state index contributed by atoms with van der Waals surface area (Å²) < 4.78 is 6.13. The number of H-pyrrole nitrogens is 1. The smallest absolute Gasteiger partial charge is 0.123 e. The van der Waals surface area contributed by atoms with Gasteiger partial charge in [-0.25, -0.2) is 0 Å². The minimum absolute atomic E-state index is 0.669. The first-order chi connectivity index (χ1) is 12.1. The molecule has 1 heterocycles. The van der Waals surface area contributed by atoms with E-state index in [1.165, 1.54) is 22.3 Å². The van der Waals surface area contributed by atoms with Crippen molar-refractivity contribution in [1.82, 2.24) is 15.1 Å². The monoisotopic (exact) mass is 335 g/mol. The molecule has 0 aliphatic carbocycles. The highest BCUT2D eigenvalue weighted by atomic mass is 16.5. The van der Waals surface area contributed by atoms with Crippen LogP contribution in [-0.4, -0.2) is 42.3 Å². The standard InChI is InChI=1S/C21H25N3O/c1-16-7-4-5-8-17(16)13-20-19(18-14-22-23-15-18)9-6-10-21(20)25-12-11-24(2)3/h4-10,14-15H,11-13H2,1-3H3,(H,22,23). The van der Waals surface area contributed by atoms with Crippen LogP contribution in [0.3, 0.4) is 0 Å². The molecular weight excluding hydrogens is 310 g/mol. The molecule has 2 aromatic carbocycles. The summed E-state index contributed by atoms with van der Waals surface area (Å²) >= 11 is 0. The highest BCUT2D eigenvalue weighted by Gasteiger charge is 2.14. The van der Waals surface area contributed by atoms with E-state index in [9.17, 15) is 0 Å². The Hall–Kier alpha value is -2.59. The van der Waals surface area contributed by atoms with Crippen LogP contribution in [0.2, 0.25) is 0 Å². The fraction of sp³-hybridized carbons (Fsp3) is 0.286. The maximum atomic E-state index is 6.13. The van der Waals surface area contributed by atoms with Crippen molar-refractivity contribution in [1.29, 1.82) is 0 Å². The summed E-state index contributed by atoms with van der Waals surface area (Å²) in [6.07, 6.45) is 4.63. The number of hydrogen-bond donors (Lipinski definition) is 1. The molecule has 0 radical (unpaired) electrons. The molecule has 0 aliphatic rings. The summed E-state index contributed by atoms with van der Waals surface area (Å²) in [5, 5.41) is 7.02. The van der Waals surface area contributed by atoms with Crippen molar-refractivity contribution in [3.63, 3.8) is 0 Å². The molecule has 0 fully saturated rings. The first-order valence-corrected chi connectivity index (χ1v) is 8.58. The number of rotatable bonds is 7. The highest BCUT2D eigenvalue weighted by molar-refractivity contribution is 5.69. The molecule has 4 heteroatoms. The molecule has 0 bridgehead atoms. The predicted molar refractivity (Wildman–Crippen MR) is 102 cm³/mol. The Balaban J connectivity index is 1.97. The molecule has 0 saturated heterocycles. The van der Waals surface area contributed by atoms with Crippen LogP contribution in [0.4, 0.5) is 0 Å². The maximum Gasteiger partial charge on any atom is 0.123 e. The molecular formula is C21H25N3O. The van der Waals surface area contributed by atoms with Crippen LogP contribution in [0.25, 0.3) is 11.1 Å². The number of nitrogens with one attached hydrogen (secondary N) is 1. The Morgan fingerprint density at radius 2 is 1.92 bits per heavy atom. The third kappa shape index (κ3) is 4.28. The lowest BCUT2D eigenvalue weighted by molar-refractivity contribution is 0.260. The molecule has 4 nitrogen and oxygen atoms in total. The lowest BCUT2D eigenvalue weighted by Crippen LogP contribution is -2.19. The number of hydrogen-bond acceptors (Lipinski definition) is 3. The van der Waals surface area contributed by atoms with Gasteiger partial charge in [-0.2, -0.15) is 5.10 Å². The molecule has 0 aliphatic heterocycles. The van der Waals surface area contributed by atoms with E-state index in [0.29, 0.717) is 6.61 Å². The molecule has 0 spiro atoms. The quantitative estimate of drug-likeness (QED) is 0.711. The van der Waals surface area contributed by atoms with Crippen molar-refractivity contribution in [2.75, 3.05) is 27.2 Å². The van der Waals surface area contributed by atoms with Gasteiger partial charge >= 0.3 is 0 Å². The summed E-state index contributed by atoms with van der Waals surface area (Å²) in [7, 11) is 4.11. The Morgan fingerprint density at radius 3 is 2.64 bits per heavy atom. The lowest BCUT2D eigenvalue weighted by Gasteiger charge is -2.17. The van der Waals surface area contributed by atoms with E-state index in [4.69, 9.17) is 4.74 Å². The van der Waals surface area contributed by atoms with Crippen molar-refractivity contribution < 1.29 is 4.74 Å². The number of likely N-dealkylation sites (N-methyl/N-ethyl adjacent to an activating group) is 1. The van der Waals surface area contributed by atoms with Crippen molar-refractivity contribution in [3.8, 4) is 16.9 Å². The largest absolute Gasteiger partial charge is 0.492 e. The molecule has 3 rings (SSSR count). The second-order valence-electron chi connectivity index (χ2n) is 6.52. The zero-order valence-electron chi connectivity index (χ0n) is 15.1. The van der Waals surface area contributed by atoms with E-state index in [1.807, 2.05) is 12.4 Å². The van der Waals surface area contributed by atoms with E-state index < -0.39 is 0 Å². The van der Waals surface area contributed by atoms with Crippen molar-refractivity contribution >= 4 is 0 Å². The van der Waals surface area contributed by atoms with Crippen LogP contribution in [0.1, 0.15) is 16.7 Å². The Labute approximate surface area is 149 Å². The number of aryl methyl sites for hydroxylation is 1.